The van der Waals surface area contributed by atoms with Gasteiger partial charge in [0.2, 0.25) is 0 Å². The lowest BCUT2D eigenvalue weighted by Crippen LogP contribution is -2.52. The Hall–Kier alpha value is -0.893. The van der Waals surface area contributed by atoms with E-state index in [1.165, 1.54) is 16.0 Å². The highest BCUT2D eigenvalue weighted by atomic mass is 32.2. The summed E-state index contributed by atoms with van der Waals surface area (Å²) < 4.78 is 25.8. The molecule has 0 spiro atoms. The van der Waals surface area contributed by atoms with E-state index in [2.05, 4.69) is 111 Å². The van der Waals surface area contributed by atoms with E-state index in [0.717, 1.165) is 44.3 Å². The maximum absolute atomic E-state index is 7.16. The molecule has 228 valence electrons. The van der Waals surface area contributed by atoms with Gasteiger partial charge in [-0.2, -0.15) is 0 Å². The number of hydrogen-bond acceptors (Lipinski definition) is 5. The summed E-state index contributed by atoms with van der Waals surface area (Å²) in [5.74, 6) is 1.01. The van der Waals surface area contributed by atoms with E-state index in [4.69, 9.17) is 18.6 Å². The summed E-state index contributed by atoms with van der Waals surface area (Å²) in [6.07, 6.45) is 10.5. The monoisotopic (exact) mass is 590 g/mol. The molecule has 0 radical (unpaired) electrons. The highest BCUT2D eigenvalue weighted by Crippen LogP contribution is 2.46. The molecule has 40 heavy (non-hydrogen) atoms. The van der Waals surface area contributed by atoms with E-state index >= 15 is 0 Å². The van der Waals surface area contributed by atoms with Crippen molar-refractivity contribution in [3.63, 3.8) is 0 Å². The fraction of sp³-hybridized carbons (Fsp3) is 0.706. The third-order valence-corrected chi connectivity index (χ3v) is 14.4. The molecule has 0 aliphatic carbocycles. The average Bonchev–Trinajstić information content (AvgIpc) is 3.29. The van der Waals surface area contributed by atoms with Crippen molar-refractivity contribution >= 4 is 20.1 Å². The van der Waals surface area contributed by atoms with Crippen molar-refractivity contribution in [1.29, 1.82) is 0 Å². The predicted molar refractivity (Wildman–Crippen MR) is 175 cm³/mol. The van der Waals surface area contributed by atoms with Gasteiger partial charge in [-0.3, -0.25) is 0 Å². The van der Waals surface area contributed by atoms with Crippen LogP contribution in [0.3, 0.4) is 0 Å². The minimum Gasteiger partial charge on any atom is -0.411 e. The lowest BCUT2D eigenvalue weighted by molar-refractivity contribution is -0.204. The number of benzene rings is 1. The number of thioether (sulfide) groups is 1. The second-order valence-corrected chi connectivity index (χ2v) is 19.5. The summed E-state index contributed by atoms with van der Waals surface area (Å²) >= 11 is 1.90. The van der Waals surface area contributed by atoms with Crippen LogP contribution < -0.4 is 0 Å². The quantitative estimate of drug-likeness (QED) is 0.0829. The maximum Gasteiger partial charge on any atom is 0.192 e. The first-order valence-corrected chi connectivity index (χ1v) is 19.0. The van der Waals surface area contributed by atoms with Crippen molar-refractivity contribution < 1.29 is 18.6 Å². The van der Waals surface area contributed by atoms with Crippen molar-refractivity contribution in [3.8, 4) is 0 Å². The molecule has 0 amide bonds. The molecule has 0 unspecified atom stereocenters. The zero-order valence-electron chi connectivity index (χ0n) is 27.4. The van der Waals surface area contributed by atoms with Gasteiger partial charge in [-0.15, -0.1) is 11.8 Å². The Morgan fingerprint density at radius 1 is 1.10 bits per heavy atom. The molecule has 0 bridgehead atoms. The average molecular weight is 591 g/mol. The number of rotatable bonds is 16. The third-order valence-electron chi connectivity index (χ3n) is 8.75. The van der Waals surface area contributed by atoms with Crippen LogP contribution in [0.5, 0.6) is 0 Å². The highest BCUT2D eigenvalue weighted by molar-refractivity contribution is 7.99. The molecular weight excluding hydrogens is 533 g/mol. The van der Waals surface area contributed by atoms with E-state index in [0.29, 0.717) is 0 Å². The predicted octanol–water partition coefficient (Wildman–Crippen LogP) is 9.96. The van der Waals surface area contributed by atoms with Crippen LogP contribution in [0.2, 0.25) is 18.1 Å². The van der Waals surface area contributed by atoms with Crippen LogP contribution >= 0.6 is 11.8 Å². The first-order valence-electron chi connectivity index (χ1n) is 15.1. The Bertz CT molecular complexity index is 950. The Labute approximate surface area is 251 Å². The van der Waals surface area contributed by atoms with Crippen LogP contribution in [-0.2, 0) is 18.6 Å². The summed E-state index contributed by atoms with van der Waals surface area (Å²) in [5.41, 5.74) is 1.98. The Morgan fingerprint density at radius 3 is 2.38 bits per heavy atom. The Kier molecular flexibility index (Phi) is 13.7. The van der Waals surface area contributed by atoms with Gasteiger partial charge >= 0.3 is 0 Å². The van der Waals surface area contributed by atoms with Crippen molar-refractivity contribution in [3.05, 3.63) is 53.6 Å². The Balaban J connectivity index is 2.19. The van der Waals surface area contributed by atoms with Crippen LogP contribution in [-0.4, -0.2) is 51.4 Å². The van der Waals surface area contributed by atoms with E-state index in [9.17, 15) is 0 Å². The minimum absolute atomic E-state index is 0.00304. The largest absolute Gasteiger partial charge is 0.411 e. The van der Waals surface area contributed by atoms with Crippen molar-refractivity contribution in [1.82, 2.24) is 0 Å². The molecule has 2 rings (SSSR count). The van der Waals surface area contributed by atoms with Crippen molar-refractivity contribution in [2.45, 2.75) is 140 Å². The molecule has 0 N–H and O–H groups in total. The molecule has 1 aromatic rings. The lowest BCUT2D eigenvalue weighted by Gasteiger charge is -2.45. The fourth-order valence-electron chi connectivity index (χ4n) is 4.97. The molecule has 4 nitrogen and oxygen atoms in total. The smallest absolute Gasteiger partial charge is 0.192 e. The highest BCUT2D eigenvalue weighted by Gasteiger charge is 2.51. The van der Waals surface area contributed by atoms with E-state index in [1.54, 1.807) is 7.11 Å². The van der Waals surface area contributed by atoms with E-state index < -0.39 is 13.9 Å². The van der Waals surface area contributed by atoms with E-state index in [1.807, 2.05) is 11.8 Å². The summed E-state index contributed by atoms with van der Waals surface area (Å²) in [6.45, 7) is 23.0. The number of hydrogen-bond donors (Lipinski definition) is 0. The number of ether oxygens (including phenoxy) is 3. The summed E-state index contributed by atoms with van der Waals surface area (Å²) in [6, 6.07) is 10.6. The molecule has 1 fully saturated rings. The van der Waals surface area contributed by atoms with Gasteiger partial charge in [0.1, 0.15) is 6.79 Å². The molecule has 4 atom stereocenters. The minimum atomic E-state index is -2.01. The zero-order chi connectivity index (χ0) is 30.0. The molecule has 1 heterocycles. The summed E-state index contributed by atoms with van der Waals surface area (Å²) in [4.78, 5) is 1.32. The normalized spacial score (nSPS) is 22.7. The number of methoxy groups -OCH3 is 1. The molecule has 0 aromatic heterocycles. The van der Waals surface area contributed by atoms with Crippen LogP contribution in [0.25, 0.3) is 0 Å². The van der Waals surface area contributed by atoms with Gasteiger partial charge in [0, 0.05) is 17.8 Å². The third kappa shape index (κ3) is 10.7. The van der Waals surface area contributed by atoms with Gasteiger partial charge in [-0.25, -0.2) is 0 Å². The van der Waals surface area contributed by atoms with Crippen LogP contribution in [0.4, 0.5) is 0 Å². The maximum atomic E-state index is 7.16. The van der Waals surface area contributed by atoms with Gasteiger partial charge in [0.25, 0.3) is 0 Å². The number of allylic oxidation sites excluding steroid dienone is 3. The first-order chi connectivity index (χ1) is 18.6. The molecule has 1 aromatic carbocycles. The topological polar surface area (TPSA) is 36.9 Å². The SMILES string of the molecule is COCO[C@@](C)(CCC=C(C)C)[C@H]1CC[C@](C)([C@H](CC/C=C(\C)CSc2ccccc2)O[Si](C)(C)C(C)(C)C)O1. The summed E-state index contributed by atoms with van der Waals surface area (Å²) in [7, 11) is -0.318. The van der Waals surface area contributed by atoms with Crippen molar-refractivity contribution in [2.75, 3.05) is 19.7 Å². The zero-order valence-corrected chi connectivity index (χ0v) is 29.2. The molecule has 0 saturated carbocycles. The van der Waals surface area contributed by atoms with Crippen LogP contribution in [0, 0.1) is 0 Å². The van der Waals surface area contributed by atoms with Gasteiger partial charge < -0.3 is 18.6 Å². The molecule has 1 aliphatic rings. The lowest BCUT2D eigenvalue weighted by atomic mass is 9.88. The van der Waals surface area contributed by atoms with Gasteiger partial charge in [0.05, 0.1) is 23.4 Å². The van der Waals surface area contributed by atoms with Gasteiger partial charge in [-0.05, 0) is 103 Å². The first kappa shape index (κ1) is 35.3. The Morgan fingerprint density at radius 2 is 1.77 bits per heavy atom. The van der Waals surface area contributed by atoms with E-state index in [-0.39, 0.29) is 29.6 Å². The fourth-order valence-corrected chi connectivity index (χ4v) is 7.26. The second kappa shape index (κ2) is 15.5. The standard InChI is InChI=1S/C34H58O4SSi/c1-27(2)17-16-23-33(7,36-26-35-9)30-22-24-34(8,37-30)31(38-40(10,11)32(4,5)6)21-15-18-28(3)25-39-29-19-13-12-14-20-29/h12-14,17-20,30-31H,15-16,21-26H2,1-11H3/b28-18+/t30-,31+,33+,34-/m1/s1. The van der Waals surface area contributed by atoms with Crippen LogP contribution in [0.1, 0.15) is 93.9 Å². The van der Waals surface area contributed by atoms with Crippen molar-refractivity contribution in [2.24, 2.45) is 0 Å². The molecular formula is C34H58O4SSi. The molecule has 1 aliphatic heterocycles. The second-order valence-electron chi connectivity index (χ2n) is 13.7. The summed E-state index contributed by atoms with van der Waals surface area (Å²) in [5, 5.41) is 0.137. The van der Waals surface area contributed by atoms with Gasteiger partial charge in [-0.1, -0.05) is 62.3 Å². The van der Waals surface area contributed by atoms with Crippen LogP contribution in [0.15, 0.2) is 58.5 Å². The molecule has 6 heteroatoms. The van der Waals surface area contributed by atoms with Gasteiger partial charge in [0.15, 0.2) is 8.32 Å². The molecule has 1 saturated heterocycles.